The van der Waals surface area contributed by atoms with Gasteiger partial charge < -0.3 is 5.32 Å². The normalized spacial score (nSPS) is 10.5. The van der Waals surface area contributed by atoms with Gasteiger partial charge in [-0.05, 0) is 30.3 Å². The minimum absolute atomic E-state index is 0.311. The highest BCUT2D eigenvalue weighted by Gasteiger charge is 2.17. The van der Waals surface area contributed by atoms with Gasteiger partial charge in [0.15, 0.2) is 5.82 Å². The van der Waals surface area contributed by atoms with E-state index in [1.54, 1.807) is 42.9 Å². The maximum atomic E-state index is 12.9. The first kappa shape index (κ1) is 17.8. The zero-order valence-electron chi connectivity index (χ0n) is 14.7. The third kappa shape index (κ3) is 3.89. The van der Waals surface area contributed by atoms with Crippen molar-refractivity contribution >= 4 is 23.2 Å². The van der Waals surface area contributed by atoms with Crippen molar-refractivity contribution in [3.63, 3.8) is 0 Å². The van der Waals surface area contributed by atoms with Crippen LogP contribution in [0, 0.1) is 0 Å². The third-order valence-corrected chi connectivity index (χ3v) is 4.34. The molecule has 136 valence electrons. The summed E-state index contributed by atoms with van der Waals surface area (Å²) in [6, 6.07) is 20.2. The number of hydrogen-bond acceptors (Lipinski definition) is 4. The molecule has 1 amide bonds. The maximum absolute atomic E-state index is 12.9. The minimum atomic E-state index is -0.311. The Labute approximate surface area is 167 Å². The number of rotatable bonds is 4. The molecule has 0 fully saturated rings. The zero-order valence-corrected chi connectivity index (χ0v) is 15.5. The lowest BCUT2D eigenvalue weighted by molar-refractivity contribution is 0.102. The number of hydrogen-bond donors (Lipinski definition) is 1. The lowest BCUT2D eigenvalue weighted by Gasteiger charge is -2.11. The number of carbonyl (C=O) groups is 1. The lowest BCUT2D eigenvalue weighted by Crippen LogP contribution is -2.15. The molecule has 6 heteroatoms. The van der Waals surface area contributed by atoms with Gasteiger partial charge in [-0.3, -0.25) is 9.78 Å². The molecule has 0 spiro atoms. The summed E-state index contributed by atoms with van der Waals surface area (Å²) in [5.74, 6) is 0.236. The fraction of sp³-hybridized carbons (Fsp3) is 0. The summed E-state index contributed by atoms with van der Waals surface area (Å²) in [7, 11) is 0. The Morgan fingerprint density at radius 3 is 2.43 bits per heavy atom. The molecule has 0 bridgehead atoms. The Hall–Kier alpha value is -3.57. The van der Waals surface area contributed by atoms with E-state index in [-0.39, 0.29) is 5.91 Å². The second-order valence-electron chi connectivity index (χ2n) is 6.02. The van der Waals surface area contributed by atoms with Crippen LogP contribution in [0.15, 0.2) is 85.3 Å². The van der Waals surface area contributed by atoms with E-state index in [0.29, 0.717) is 27.8 Å². The van der Waals surface area contributed by atoms with Crippen LogP contribution in [-0.4, -0.2) is 20.9 Å². The first-order valence-electron chi connectivity index (χ1n) is 8.60. The van der Waals surface area contributed by atoms with Crippen LogP contribution in [-0.2, 0) is 0 Å². The summed E-state index contributed by atoms with van der Waals surface area (Å²) in [6.45, 7) is 0. The van der Waals surface area contributed by atoms with Crippen LogP contribution in [0.5, 0.6) is 0 Å². The standard InChI is InChI=1S/C22H15ClN4O/c23-17-7-4-8-18(13-17)26-22(28)19-14-25-21(16-5-2-1-3-6-16)27-20(19)15-9-11-24-12-10-15/h1-14H,(H,26,28). The molecule has 4 rings (SSSR count). The number of pyridine rings is 1. The largest absolute Gasteiger partial charge is 0.322 e. The summed E-state index contributed by atoms with van der Waals surface area (Å²) in [4.78, 5) is 26.0. The number of halogens is 1. The molecule has 0 atom stereocenters. The molecular formula is C22H15ClN4O. The molecule has 0 aliphatic heterocycles. The van der Waals surface area contributed by atoms with Crippen molar-refractivity contribution < 1.29 is 4.79 Å². The van der Waals surface area contributed by atoms with Gasteiger partial charge in [0.2, 0.25) is 0 Å². The molecule has 4 aromatic rings. The Morgan fingerprint density at radius 2 is 1.68 bits per heavy atom. The highest BCUT2D eigenvalue weighted by Crippen LogP contribution is 2.25. The van der Waals surface area contributed by atoms with Crippen LogP contribution in [0.3, 0.4) is 0 Å². The fourth-order valence-corrected chi connectivity index (χ4v) is 2.96. The number of nitrogens with one attached hydrogen (secondary N) is 1. The third-order valence-electron chi connectivity index (χ3n) is 4.10. The van der Waals surface area contributed by atoms with Crippen molar-refractivity contribution in [1.29, 1.82) is 0 Å². The van der Waals surface area contributed by atoms with Crippen molar-refractivity contribution in [3.8, 4) is 22.6 Å². The topological polar surface area (TPSA) is 67.8 Å². The molecule has 0 saturated carbocycles. The Balaban J connectivity index is 1.77. The highest BCUT2D eigenvalue weighted by atomic mass is 35.5. The number of benzene rings is 2. The molecule has 0 unspecified atom stereocenters. The van der Waals surface area contributed by atoms with Crippen LogP contribution in [0.4, 0.5) is 5.69 Å². The van der Waals surface area contributed by atoms with E-state index in [1.165, 1.54) is 0 Å². The van der Waals surface area contributed by atoms with Crippen molar-refractivity contribution in [2.24, 2.45) is 0 Å². The SMILES string of the molecule is O=C(Nc1cccc(Cl)c1)c1cnc(-c2ccccc2)nc1-c1ccncc1. The van der Waals surface area contributed by atoms with Crippen molar-refractivity contribution in [2.75, 3.05) is 5.32 Å². The van der Waals surface area contributed by atoms with Gasteiger partial charge in [0.25, 0.3) is 5.91 Å². The van der Waals surface area contributed by atoms with E-state index in [0.717, 1.165) is 11.1 Å². The molecule has 0 aliphatic carbocycles. The lowest BCUT2D eigenvalue weighted by atomic mass is 10.1. The number of carbonyl (C=O) groups excluding carboxylic acids is 1. The first-order valence-corrected chi connectivity index (χ1v) is 8.98. The van der Waals surface area contributed by atoms with Crippen LogP contribution in [0.2, 0.25) is 5.02 Å². The molecule has 2 heterocycles. The number of aromatic nitrogens is 3. The second-order valence-corrected chi connectivity index (χ2v) is 6.46. The second kappa shape index (κ2) is 7.98. The van der Waals surface area contributed by atoms with Crippen LogP contribution in [0.25, 0.3) is 22.6 Å². The van der Waals surface area contributed by atoms with Gasteiger partial charge in [-0.25, -0.2) is 9.97 Å². The smallest absolute Gasteiger partial charge is 0.259 e. The van der Waals surface area contributed by atoms with E-state index < -0.39 is 0 Å². The van der Waals surface area contributed by atoms with Crippen molar-refractivity contribution in [2.45, 2.75) is 0 Å². The minimum Gasteiger partial charge on any atom is -0.322 e. The van der Waals surface area contributed by atoms with E-state index in [1.807, 2.05) is 42.5 Å². The van der Waals surface area contributed by atoms with Crippen molar-refractivity contribution in [3.05, 3.63) is 95.9 Å². The van der Waals surface area contributed by atoms with Crippen molar-refractivity contribution in [1.82, 2.24) is 15.0 Å². The van der Waals surface area contributed by atoms with Crippen LogP contribution in [0.1, 0.15) is 10.4 Å². The van der Waals surface area contributed by atoms with Crippen LogP contribution < -0.4 is 5.32 Å². The Bertz CT molecular complexity index is 1120. The Kier molecular flexibility index (Phi) is 5.08. The molecule has 0 radical (unpaired) electrons. The number of nitrogens with zero attached hydrogens (tertiary/aromatic N) is 3. The van der Waals surface area contributed by atoms with E-state index >= 15 is 0 Å². The van der Waals surface area contributed by atoms with Gasteiger partial charge in [0.1, 0.15) is 0 Å². The molecule has 0 aliphatic rings. The van der Waals surface area contributed by atoms with Gasteiger partial charge in [0, 0.05) is 40.4 Å². The summed E-state index contributed by atoms with van der Waals surface area (Å²) in [5.41, 5.74) is 3.16. The zero-order chi connectivity index (χ0) is 19.3. The van der Waals surface area contributed by atoms with E-state index in [4.69, 9.17) is 11.6 Å². The summed E-state index contributed by atoms with van der Waals surface area (Å²) >= 11 is 6.01. The summed E-state index contributed by atoms with van der Waals surface area (Å²) < 4.78 is 0. The number of amides is 1. The summed E-state index contributed by atoms with van der Waals surface area (Å²) in [5, 5.41) is 3.39. The average molecular weight is 387 g/mol. The molecule has 28 heavy (non-hydrogen) atoms. The van der Waals surface area contributed by atoms with Gasteiger partial charge in [-0.15, -0.1) is 0 Å². The molecular weight excluding hydrogens is 372 g/mol. The fourth-order valence-electron chi connectivity index (χ4n) is 2.77. The predicted octanol–water partition coefficient (Wildman–Crippen LogP) is 5.11. The molecule has 2 aromatic heterocycles. The molecule has 1 N–H and O–H groups in total. The quantitative estimate of drug-likeness (QED) is 0.529. The van der Waals surface area contributed by atoms with Gasteiger partial charge >= 0.3 is 0 Å². The van der Waals surface area contributed by atoms with E-state index in [9.17, 15) is 4.79 Å². The van der Waals surface area contributed by atoms with Gasteiger partial charge in [-0.1, -0.05) is 48.0 Å². The molecule has 2 aromatic carbocycles. The van der Waals surface area contributed by atoms with Gasteiger partial charge in [-0.2, -0.15) is 0 Å². The first-order chi connectivity index (χ1) is 13.7. The van der Waals surface area contributed by atoms with Gasteiger partial charge in [0.05, 0.1) is 11.3 Å². The van der Waals surface area contributed by atoms with Crippen LogP contribution >= 0.6 is 11.6 Å². The average Bonchev–Trinajstić information content (AvgIpc) is 2.74. The monoisotopic (exact) mass is 386 g/mol. The highest BCUT2D eigenvalue weighted by molar-refractivity contribution is 6.31. The molecule has 5 nitrogen and oxygen atoms in total. The van der Waals surface area contributed by atoms with E-state index in [2.05, 4.69) is 20.3 Å². The molecule has 0 saturated heterocycles. The maximum Gasteiger partial charge on any atom is 0.259 e. The summed E-state index contributed by atoms with van der Waals surface area (Å²) in [6.07, 6.45) is 4.88. The Morgan fingerprint density at radius 1 is 0.893 bits per heavy atom. The predicted molar refractivity (Wildman–Crippen MR) is 110 cm³/mol. The number of anilines is 1.